The fourth-order valence-electron chi connectivity index (χ4n) is 2.58. The van der Waals surface area contributed by atoms with Crippen molar-refractivity contribution in [1.82, 2.24) is 0 Å². The van der Waals surface area contributed by atoms with Crippen molar-refractivity contribution in [3.8, 4) is 0 Å². The van der Waals surface area contributed by atoms with Gasteiger partial charge in [-0.3, -0.25) is 4.74 Å². The molecule has 2 aromatic rings. The number of benzene rings is 2. The van der Waals surface area contributed by atoms with Gasteiger partial charge in [-0.1, -0.05) is 36.4 Å². The molecular formula is C14H14O5. The molecule has 0 unspecified atom stereocenters. The Morgan fingerprint density at radius 2 is 1.16 bits per heavy atom. The van der Waals surface area contributed by atoms with Crippen molar-refractivity contribution in [3.05, 3.63) is 47.5 Å². The Bertz CT molecular complexity index is 578. The van der Waals surface area contributed by atoms with E-state index in [4.69, 9.17) is 0 Å². The molecule has 0 aromatic heterocycles. The second kappa shape index (κ2) is 4.00. The molecular weight excluding hydrogens is 248 g/mol. The fraction of sp³-hybridized carbons (Fsp3) is 0.286. The van der Waals surface area contributed by atoms with Crippen molar-refractivity contribution < 1.29 is 25.2 Å². The van der Waals surface area contributed by atoms with Crippen LogP contribution in [0.25, 0.3) is 10.8 Å². The van der Waals surface area contributed by atoms with E-state index in [-0.39, 0.29) is 12.8 Å². The predicted octanol–water partition coefficient (Wildman–Crippen LogP) is 0.232. The van der Waals surface area contributed by atoms with Gasteiger partial charge in [-0.15, -0.1) is 0 Å². The van der Waals surface area contributed by atoms with Crippen LogP contribution in [0.2, 0.25) is 0 Å². The number of rotatable bonds is 0. The minimum Gasteiger partial charge on any atom is -0.343 e. The van der Waals surface area contributed by atoms with Gasteiger partial charge >= 0.3 is 0 Å². The lowest BCUT2D eigenvalue weighted by atomic mass is 9.97. The van der Waals surface area contributed by atoms with E-state index in [1.165, 1.54) is 0 Å². The van der Waals surface area contributed by atoms with Crippen molar-refractivity contribution in [1.29, 1.82) is 0 Å². The van der Waals surface area contributed by atoms with E-state index in [1.807, 2.05) is 12.1 Å². The molecule has 0 saturated heterocycles. The van der Waals surface area contributed by atoms with E-state index >= 15 is 0 Å². The molecule has 100 valence electrons. The van der Waals surface area contributed by atoms with Gasteiger partial charge in [0.2, 0.25) is 0 Å². The normalized spacial score (nSPS) is 20.8. The molecule has 1 heterocycles. The van der Waals surface area contributed by atoms with Crippen LogP contribution in [0, 0.1) is 0 Å². The zero-order valence-electron chi connectivity index (χ0n) is 10.1. The van der Waals surface area contributed by atoms with Crippen LogP contribution in [0.15, 0.2) is 36.4 Å². The first-order chi connectivity index (χ1) is 8.86. The van der Waals surface area contributed by atoms with Crippen LogP contribution in [0.4, 0.5) is 0 Å². The van der Waals surface area contributed by atoms with E-state index in [1.54, 1.807) is 24.3 Å². The summed E-state index contributed by atoms with van der Waals surface area (Å²) in [5, 5.41) is 40.7. The predicted molar refractivity (Wildman–Crippen MR) is 66.8 cm³/mol. The minimum atomic E-state index is -2.63. The summed E-state index contributed by atoms with van der Waals surface area (Å²) in [7, 11) is 0. The maximum absolute atomic E-state index is 9.75. The molecule has 0 atom stereocenters. The van der Waals surface area contributed by atoms with Gasteiger partial charge in [0.1, 0.15) is 0 Å². The summed E-state index contributed by atoms with van der Waals surface area (Å²) in [5.41, 5.74) is 1.34. The molecule has 19 heavy (non-hydrogen) atoms. The molecule has 1 aliphatic rings. The van der Waals surface area contributed by atoms with Gasteiger partial charge in [0, 0.05) is 0 Å². The third-order valence-electron chi connectivity index (χ3n) is 3.27. The molecule has 0 fully saturated rings. The van der Waals surface area contributed by atoms with Gasteiger partial charge in [0.25, 0.3) is 11.9 Å². The highest BCUT2D eigenvalue weighted by molar-refractivity contribution is 5.88. The molecule has 4 N–H and O–H groups in total. The van der Waals surface area contributed by atoms with Crippen LogP contribution in [-0.2, 0) is 17.6 Å². The third kappa shape index (κ3) is 2.34. The van der Waals surface area contributed by atoms with Crippen molar-refractivity contribution in [2.75, 3.05) is 0 Å². The first-order valence-corrected chi connectivity index (χ1v) is 5.95. The van der Waals surface area contributed by atoms with Crippen molar-refractivity contribution >= 4 is 10.8 Å². The van der Waals surface area contributed by atoms with Crippen LogP contribution >= 0.6 is 0 Å². The number of hydrogen-bond donors (Lipinski definition) is 4. The van der Waals surface area contributed by atoms with E-state index in [2.05, 4.69) is 4.74 Å². The molecule has 1 aliphatic heterocycles. The zero-order chi connectivity index (χ0) is 13.7. The zero-order valence-corrected chi connectivity index (χ0v) is 10.1. The van der Waals surface area contributed by atoms with Crippen molar-refractivity contribution in [2.45, 2.75) is 24.8 Å². The Kier molecular flexibility index (Phi) is 2.63. The Morgan fingerprint density at radius 3 is 1.58 bits per heavy atom. The summed E-state index contributed by atoms with van der Waals surface area (Å²) in [6.45, 7) is 0. The highest BCUT2D eigenvalue weighted by atomic mass is 16.9. The molecule has 0 aliphatic carbocycles. The number of aliphatic hydroxyl groups is 4. The van der Waals surface area contributed by atoms with Crippen LogP contribution in [-0.4, -0.2) is 32.4 Å². The topological polar surface area (TPSA) is 90.2 Å². The smallest absolute Gasteiger partial charge is 0.286 e. The third-order valence-corrected chi connectivity index (χ3v) is 3.27. The summed E-state index contributed by atoms with van der Waals surface area (Å²) in [4.78, 5) is 0. The van der Waals surface area contributed by atoms with Gasteiger partial charge in [-0.2, -0.15) is 0 Å². The maximum atomic E-state index is 9.75. The van der Waals surface area contributed by atoms with Crippen LogP contribution in [0.5, 0.6) is 0 Å². The Hall–Kier alpha value is -1.50. The molecule has 0 amide bonds. The van der Waals surface area contributed by atoms with Crippen molar-refractivity contribution in [3.63, 3.8) is 0 Å². The highest BCUT2D eigenvalue weighted by Crippen LogP contribution is 2.31. The minimum absolute atomic E-state index is 0.253. The van der Waals surface area contributed by atoms with Crippen molar-refractivity contribution in [2.24, 2.45) is 0 Å². The standard InChI is InChI=1S/C14H14O5/c15-13(16)7-9-3-1-5-11-10(4-2-6-12(9)11)8-14(17,18)19-13/h1-6,15-18H,7-8H2. The second-order valence-corrected chi connectivity index (χ2v) is 4.87. The summed E-state index contributed by atoms with van der Waals surface area (Å²) >= 11 is 0. The van der Waals surface area contributed by atoms with Gasteiger partial charge in [0.05, 0.1) is 12.8 Å². The highest BCUT2D eigenvalue weighted by Gasteiger charge is 2.39. The Balaban J connectivity index is 2.28. The van der Waals surface area contributed by atoms with E-state index < -0.39 is 11.9 Å². The number of hydrogen-bond acceptors (Lipinski definition) is 5. The largest absolute Gasteiger partial charge is 0.343 e. The van der Waals surface area contributed by atoms with Gasteiger partial charge in [-0.05, 0) is 21.9 Å². The Morgan fingerprint density at radius 1 is 0.737 bits per heavy atom. The lowest BCUT2D eigenvalue weighted by molar-refractivity contribution is -0.469. The summed E-state index contributed by atoms with van der Waals surface area (Å²) < 4.78 is 4.62. The van der Waals surface area contributed by atoms with Gasteiger partial charge in [-0.25, -0.2) is 0 Å². The average molecular weight is 262 g/mol. The first kappa shape index (κ1) is 12.5. The van der Waals surface area contributed by atoms with Gasteiger partial charge in [0.15, 0.2) is 0 Å². The number of ether oxygens (including phenoxy) is 1. The van der Waals surface area contributed by atoms with E-state index in [9.17, 15) is 20.4 Å². The van der Waals surface area contributed by atoms with Crippen LogP contribution in [0.1, 0.15) is 11.1 Å². The summed E-state index contributed by atoms with van der Waals surface area (Å²) in [5.74, 6) is -5.27. The van der Waals surface area contributed by atoms with E-state index in [0.717, 1.165) is 10.8 Å². The molecule has 0 radical (unpaired) electrons. The molecule has 5 heteroatoms. The average Bonchev–Trinajstić information content (AvgIpc) is 2.28. The molecule has 0 spiro atoms. The molecule has 2 aromatic carbocycles. The maximum Gasteiger partial charge on any atom is 0.286 e. The summed E-state index contributed by atoms with van der Waals surface area (Å²) in [6.07, 6.45) is -0.507. The summed E-state index contributed by atoms with van der Waals surface area (Å²) in [6, 6.07) is 10.8. The van der Waals surface area contributed by atoms with Crippen LogP contribution < -0.4 is 0 Å². The molecule has 0 saturated carbocycles. The fourth-order valence-corrected chi connectivity index (χ4v) is 2.58. The van der Waals surface area contributed by atoms with Crippen LogP contribution in [0.3, 0.4) is 0 Å². The lowest BCUT2D eigenvalue weighted by Gasteiger charge is -2.29. The molecule has 4 bridgehead atoms. The molecule has 3 rings (SSSR count). The molecule has 5 nitrogen and oxygen atoms in total. The van der Waals surface area contributed by atoms with E-state index in [0.29, 0.717) is 11.1 Å². The quantitative estimate of drug-likeness (QED) is 0.510. The monoisotopic (exact) mass is 262 g/mol. The first-order valence-electron chi connectivity index (χ1n) is 5.95. The SMILES string of the molecule is OC1(O)Cc2cccc3c(cccc23)CC(O)(O)O1. The second-order valence-electron chi connectivity index (χ2n) is 4.87. The van der Waals surface area contributed by atoms with Gasteiger partial charge < -0.3 is 20.4 Å². The lowest BCUT2D eigenvalue weighted by Crippen LogP contribution is -2.47. The Labute approximate surface area is 109 Å².